The molecule has 0 atom stereocenters. The van der Waals surface area contributed by atoms with Crippen LogP contribution in [0.4, 0.5) is 11.4 Å². The van der Waals surface area contributed by atoms with Gasteiger partial charge in [0.15, 0.2) is 0 Å². The molecular formula is C21H22N2O2. The second kappa shape index (κ2) is 6.93. The third kappa shape index (κ3) is 3.07. The molecule has 25 heavy (non-hydrogen) atoms. The maximum atomic E-state index is 12.6. The van der Waals surface area contributed by atoms with Gasteiger partial charge in [0.05, 0.1) is 11.3 Å². The summed E-state index contributed by atoms with van der Waals surface area (Å²) in [6.07, 6.45) is 0. The minimum atomic E-state index is -0.319. The SMILES string of the molecule is C=Nc1ccc(-c2c(C)c3ccc(N(CC)CC)cc3oc2=O)cc1. The summed E-state index contributed by atoms with van der Waals surface area (Å²) >= 11 is 0. The van der Waals surface area contributed by atoms with Gasteiger partial charge in [0.2, 0.25) is 0 Å². The Labute approximate surface area is 147 Å². The molecule has 0 saturated carbocycles. The lowest BCUT2D eigenvalue weighted by atomic mass is 9.99. The molecule has 0 fully saturated rings. The molecule has 0 bridgehead atoms. The van der Waals surface area contributed by atoms with E-state index in [9.17, 15) is 4.79 Å². The average molecular weight is 334 g/mol. The molecule has 0 aliphatic rings. The largest absolute Gasteiger partial charge is 0.422 e. The molecular weight excluding hydrogens is 312 g/mol. The van der Waals surface area contributed by atoms with Gasteiger partial charge in [-0.25, -0.2) is 4.79 Å². The molecule has 0 radical (unpaired) electrons. The zero-order valence-electron chi connectivity index (χ0n) is 14.9. The molecule has 1 heterocycles. The maximum absolute atomic E-state index is 12.6. The van der Waals surface area contributed by atoms with Gasteiger partial charge in [0.25, 0.3) is 0 Å². The van der Waals surface area contributed by atoms with Gasteiger partial charge in [-0.3, -0.25) is 4.99 Å². The summed E-state index contributed by atoms with van der Waals surface area (Å²) < 4.78 is 5.65. The lowest BCUT2D eigenvalue weighted by Gasteiger charge is -2.21. The first-order valence-corrected chi connectivity index (χ1v) is 8.48. The van der Waals surface area contributed by atoms with Gasteiger partial charge in [-0.1, -0.05) is 12.1 Å². The average Bonchev–Trinajstić information content (AvgIpc) is 2.63. The molecule has 2 aromatic carbocycles. The molecule has 4 nitrogen and oxygen atoms in total. The van der Waals surface area contributed by atoms with Gasteiger partial charge in [-0.2, -0.15) is 0 Å². The van der Waals surface area contributed by atoms with Crippen molar-refractivity contribution >= 4 is 29.1 Å². The molecule has 0 amide bonds. The minimum Gasteiger partial charge on any atom is -0.422 e. The number of benzene rings is 2. The Kier molecular flexibility index (Phi) is 4.70. The summed E-state index contributed by atoms with van der Waals surface area (Å²) in [7, 11) is 0. The van der Waals surface area contributed by atoms with Crippen molar-refractivity contribution in [3.63, 3.8) is 0 Å². The van der Waals surface area contributed by atoms with Crippen LogP contribution < -0.4 is 10.5 Å². The quantitative estimate of drug-likeness (QED) is 0.490. The van der Waals surface area contributed by atoms with Crippen LogP contribution in [0.15, 0.2) is 56.7 Å². The Morgan fingerprint density at radius 2 is 1.76 bits per heavy atom. The van der Waals surface area contributed by atoms with Crippen LogP contribution in [0.3, 0.4) is 0 Å². The zero-order chi connectivity index (χ0) is 18.0. The van der Waals surface area contributed by atoms with Crippen molar-refractivity contribution in [1.29, 1.82) is 0 Å². The fourth-order valence-electron chi connectivity index (χ4n) is 3.20. The van der Waals surface area contributed by atoms with Crippen molar-refractivity contribution in [2.45, 2.75) is 20.8 Å². The Morgan fingerprint density at radius 3 is 2.36 bits per heavy atom. The van der Waals surface area contributed by atoms with Crippen molar-refractivity contribution in [1.82, 2.24) is 0 Å². The Hall–Kier alpha value is -2.88. The van der Waals surface area contributed by atoms with Crippen LogP contribution in [0.1, 0.15) is 19.4 Å². The number of nitrogens with zero attached hydrogens (tertiary/aromatic N) is 2. The number of hydrogen-bond donors (Lipinski definition) is 0. The van der Waals surface area contributed by atoms with Crippen molar-refractivity contribution in [3.8, 4) is 11.1 Å². The Bertz CT molecular complexity index is 968. The molecule has 0 aliphatic heterocycles. The van der Waals surface area contributed by atoms with E-state index in [1.807, 2.05) is 43.3 Å². The minimum absolute atomic E-state index is 0.319. The molecule has 1 aromatic heterocycles. The van der Waals surface area contributed by atoms with E-state index in [-0.39, 0.29) is 5.63 Å². The highest BCUT2D eigenvalue weighted by Crippen LogP contribution is 2.30. The van der Waals surface area contributed by atoms with Crippen LogP contribution in [0.25, 0.3) is 22.1 Å². The predicted molar refractivity (Wildman–Crippen MR) is 105 cm³/mol. The third-order valence-corrected chi connectivity index (χ3v) is 4.62. The summed E-state index contributed by atoms with van der Waals surface area (Å²) in [5, 5.41) is 0.955. The topological polar surface area (TPSA) is 45.8 Å². The molecule has 0 saturated heterocycles. The first-order valence-electron chi connectivity index (χ1n) is 8.48. The molecule has 0 unspecified atom stereocenters. The van der Waals surface area contributed by atoms with E-state index in [4.69, 9.17) is 4.42 Å². The van der Waals surface area contributed by atoms with Crippen molar-refractivity contribution in [2.75, 3.05) is 18.0 Å². The second-order valence-electron chi connectivity index (χ2n) is 5.95. The number of fused-ring (bicyclic) bond motifs is 1. The van der Waals surface area contributed by atoms with Crippen LogP contribution in [0, 0.1) is 6.92 Å². The smallest absolute Gasteiger partial charge is 0.344 e. The first-order chi connectivity index (χ1) is 12.1. The van der Waals surface area contributed by atoms with E-state index in [2.05, 4.69) is 36.5 Å². The van der Waals surface area contributed by atoms with Crippen molar-refractivity contribution < 1.29 is 4.42 Å². The van der Waals surface area contributed by atoms with E-state index < -0.39 is 0 Å². The summed E-state index contributed by atoms with van der Waals surface area (Å²) in [5.41, 5.74) is 4.49. The summed E-state index contributed by atoms with van der Waals surface area (Å²) in [4.78, 5) is 18.7. The predicted octanol–water partition coefficient (Wildman–Crippen LogP) is 4.95. The lowest BCUT2D eigenvalue weighted by molar-refractivity contribution is 0.562. The van der Waals surface area contributed by atoms with Gasteiger partial charge >= 0.3 is 5.63 Å². The van der Waals surface area contributed by atoms with Crippen LogP contribution >= 0.6 is 0 Å². The molecule has 4 heteroatoms. The van der Waals surface area contributed by atoms with Gasteiger partial charge in [0, 0.05) is 30.2 Å². The lowest BCUT2D eigenvalue weighted by Crippen LogP contribution is -2.21. The monoisotopic (exact) mass is 334 g/mol. The molecule has 0 N–H and O–H groups in total. The number of aliphatic imine (C=N–C) groups is 1. The van der Waals surface area contributed by atoms with Gasteiger partial charge in [0.1, 0.15) is 5.58 Å². The van der Waals surface area contributed by atoms with E-state index in [0.29, 0.717) is 11.1 Å². The first kappa shape index (κ1) is 17.0. The van der Waals surface area contributed by atoms with Gasteiger partial charge in [-0.15, -0.1) is 0 Å². The Morgan fingerprint density at radius 1 is 1.08 bits per heavy atom. The maximum Gasteiger partial charge on any atom is 0.344 e. The molecule has 0 aliphatic carbocycles. The number of hydrogen-bond acceptors (Lipinski definition) is 4. The van der Waals surface area contributed by atoms with Crippen LogP contribution in [-0.4, -0.2) is 19.8 Å². The fraction of sp³-hybridized carbons (Fsp3) is 0.238. The number of rotatable bonds is 5. The molecule has 3 aromatic rings. The number of aryl methyl sites for hydroxylation is 1. The highest BCUT2D eigenvalue weighted by atomic mass is 16.4. The van der Waals surface area contributed by atoms with Crippen LogP contribution in [0.5, 0.6) is 0 Å². The number of anilines is 1. The third-order valence-electron chi connectivity index (χ3n) is 4.62. The second-order valence-corrected chi connectivity index (χ2v) is 5.95. The van der Waals surface area contributed by atoms with E-state index >= 15 is 0 Å². The van der Waals surface area contributed by atoms with E-state index in [1.54, 1.807) is 0 Å². The van der Waals surface area contributed by atoms with E-state index in [1.165, 1.54) is 0 Å². The van der Waals surface area contributed by atoms with Crippen LogP contribution in [0.2, 0.25) is 0 Å². The summed E-state index contributed by atoms with van der Waals surface area (Å²) in [6, 6.07) is 13.5. The zero-order valence-corrected chi connectivity index (χ0v) is 14.9. The molecule has 3 rings (SSSR count). The molecule has 0 spiro atoms. The highest BCUT2D eigenvalue weighted by molar-refractivity contribution is 5.88. The molecule has 128 valence electrons. The standard InChI is InChI=1S/C21H22N2O2/c1-5-23(6-2)17-11-12-18-14(3)20(21(24)25-19(18)13-17)15-7-9-16(22-4)10-8-15/h7-13H,4-6H2,1-3H3. The van der Waals surface area contributed by atoms with Crippen LogP contribution in [-0.2, 0) is 0 Å². The van der Waals surface area contributed by atoms with E-state index in [0.717, 1.165) is 41.0 Å². The summed E-state index contributed by atoms with van der Waals surface area (Å²) in [5.74, 6) is 0. The Balaban J connectivity index is 2.17. The normalized spacial score (nSPS) is 10.8. The van der Waals surface area contributed by atoms with Crippen molar-refractivity contribution in [3.05, 3.63) is 58.4 Å². The fourth-order valence-corrected chi connectivity index (χ4v) is 3.20. The summed E-state index contributed by atoms with van der Waals surface area (Å²) in [6.45, 7) is 11.5. The van der Waals surface area contributed by atoms with Gasteiger partial charge < -0.3 is 9.32 Å². The van der Waals surface area contributed by atoms with Crippen molar-refractivity contribution in [2.24, 2.45) is 4.99 Å². The van der Waals surface area contributed by atoms with Gasteiger partial charge in [-0.05, 0) is 62.9 Å². The highest BCUT2D eigenvalue weighted by Gasteiger charge is 2.14.